The van der Waals surface area contributed by atoms with Crippen molar-refractivity contribution >= 4 is 18.0 Å². The number of hydrogen-bond donors (Lipinski definition) is 2. The predicted octanol–water partition coefficient (Wildman–Crippen LogP) is 7.11. The van der Waals surface area contributed by atoms with Crippen molar-refractivity contribution in [2.75, 3.05) is 13.2 Å². The van der Waals surface area contributed by atoms with Gasteiger partial charge in [-0.15, -0.1) is 0 Å². The number of carbonyl (C=O) groups is 2. The van der Waals surface area contributed by atoms with E-state index in [4.69, 9.17) is 18.9 Å². The summed E-state index contributed by atoms with van der Waals surface area (Å²) in [6, 6.07) is 27.0. The molecule has 8 rings (SSSR count). The smallest absolute Gasteiger partial charge is 0.338 e. The number of aliphatic hydroxyl groups is 1. The van der Waals surface area contributed by atoms with E-state index in [1.807, 2.05) is 72.8 Å². The minimum absolute atomic E-state index is 0.0258. The number of benzene rings is 3. The van der Waals surface area contributed by atoms with Crippen LogP contribution in [0.3, 0.4) is 0 Å². The third-order valence-electron chi connectivity index (χ3n) is 12.2. The number of epoxide rings is 1. The molecular weight excluding hydrogens is 654 g/mol. The summed E-state index contributed by atoms with van der Waals surface area (Å²) in [6.07, 6.45) is 7.83. The first-order chi connectivity index (χ1) is 25.1. The molecule has 7 unspecified atom stereocenters. The number of fused-ring (bicyclic) bond motifs is 3. The molecule has 2 saturated heterocycles. The van der Waals surface area contributed by atoms with Crippen LogP contribution < -0.4 is 5.32 Å². The van der Waals surface area contributed by atoms with Crippen molar-refractivity contribution in [2.24, 2.45) is 17.3 Å². The Labute approximate surface area is 306 Å². The first-order valence-corrected chi connectivity index (χ1v) is 18.8. The Kier molecular flexibility index (Phi) is 9.23. The number of carbonyl (C=O) groups excluding carboxylic acids is 2. The van der Waals surface area contributed by atoms with Gasteiger partial charge in [-0.1, -0.05) is 98.3 Å². The minimum Gasteiger partial charge on any atom is -0.456 e. The zero-order chi connectivity index (χ0) is 36.1. The molecule has 4 fully saturated rings. The highest BCUT2D eigenvalue weighted by Crippen LogP contribution is 2.60. The normalized spacial score (nSPS) is 32.0. The molecule has 2 saturated carbocycles. The van der Waals surface area contributed by atoms with Crippen molar-refractivity contribution in [3.8, 4) is 0 Å². The van der Waals surface area contributed by atoms with Crippen molar-refractivity contribution in [1.82, 2.24) is 5.32 Å². The molecular formula is C44H49NO7. The Morgan fingerprint density at radius 2 is 1.65 bits per heavy atom. The molecule has 3 aromatic carbocycles. The fraction of sp³-hybridized carbons (Fsp3) is 0.455. The molecule has 8 heteroatoms. The van der Waals surface area contributed by atoms with Gasteiger partial charge >= 0.3 is 5.97 Å². The van der Waals surface area contributed by atoms with Gasteiger partial charge in [-0.25, -0.2) is 4.79 Å². The molecule has 0 aromatic heterocycles. The van der Waals surface area contributed by atoms with Crippen molar-refractivity contribution in [3.05, 3.63) is 124 Å². The van der Waals surface area contributed by atoms with Crippen LogP contribution in [-0.4, -0.2) is 60.2 Å². The Morgan fingerprint density at radius 3 is 2.35 bits per heavy atom. The highest BCUT2D eigenvalue weighted by Gasteiger charge is 2.57. The first kappa shape index (κ1) is 35.0. The summed E-state index contributed by atoms with van der Waals surface area (Å²) in [5, 5.41) is 12.1. The van der Waals surface area contributed by atoms with E-state index in [0.29, 0.717) is 34.5 Å². The van der Waals surface area contributed by atoms with E-state index in [9.17, 15) is 14.7 Å². The lowest BCUT2D eigenvalue weighted by Crippen LogP contribution is -2.45. The summed E-state index contributed by atoms with van der Waals surface area (Å²) in [4.78, 5) is 27.3. The SMILES string of the molecule is CC1(C)CC2C(=Cc3cccc(C(=O)OC4CC(C(=O)NCCO)=CC5OC(c6ccccc6)(c6ccccc6)OC54)c3)CCC3OC3(C)CCC21. The lowest BCUT2D eigenvalue weighted by molar-refractivity contribution is -0.157. The second-order valence-electron chi connectivity index (χ2n) is 16.1. The number of esters is 1. The van der Waals surface area contributed by atoms with E-state index in [2.05, 4.69) is 38.2 Å². The van der Waals surface area contributed by atoms with Gasteiger partial charge in [-0.2, -0.15) is 0 Å². The molecule has 1 amide bonds. The van der Waals surface area contributed by atoms with Crippen molar-refractivity contribution in [3.63, 3.8) is 0 Å². The fourth-order valence-corrected chi connectivity index (χ4v) is 9.26. The van der Waals surface area contributed by atoms with Crippen LogP contribution in [0.5, 0.6) is 0 Å². The second-order valence-corrected chi connectivity index (χ2v) is 16.1. The third kappa shape index (κ3) is 6.55. The molecule has 8 nitrogen and oxygen atoms in total. The molecule has 7 atom stereocenters. The van der Waals surface area contributed by atoms with Gasteiger partial charge in [0.05, 0.1) is 23.9 Å². The summed E-state index contributed by atoms with van der Waals surface area (Å²) in [5.41, 5.74) is 5.20. The maximum Gasteiger partial charge on any atom is 0.338 e. The number of amides is 1. The summed E-state index contributed by atoms with van der Waals surface area (Å²) < 4.78 is 26.1. The van der Waals surface area contributed by atoms with Crippen LogP contribution in [-0.2, 0) is 29.5 Å². The highest BCUT2D eigenvalue weighted by molar-refractivity contribution is 5.94. The number of rotatable bonds is 8. The summed E-state index contributed by atoms with van der Waals surface area (Å²) >= 11 is 0. The average molecular weight is 704 g/mol. The van der Waals surface area contributed by atoms with Crippen molar-refractivity contribution in [1.29, 1.82) is 0 Å². The monoisotopic (exact) mass is 703 g/mol. The summed E-state index contributed by atoms with van der Waals surface area (Å²) in [5.74, 6) is -0.944. The van der Waals surface area contributed by atoms with Gasteiger partial charge in [0.25, 0.3) is 0 Å². The highest BCUT2D eigenvalue weighted by atomic mass is 16.8. The quantitative estimate of drug-likeness (QED) is 0.190. The number of hydrogen-bond acceptors (Lipinski definition) is 7. The molecule has 272 valence electrons. The van der Waals surface area contributed by atoms with Gasteiger partial charge in [0.2, 0.25) is 11.7 Å². The van der Waals surface area contributed by atoms with Gasteiger partial charge in [0.15, 0.2) is 0 Å². The van der Waals surface area contributed by atoms with Crippen molar-refractivity contribution in [2.45, 2.75) is 95.1 Å². The van der Waals surface area contributed by atoms with E-state index in [-0.39, 0.29) is 31.1 Å². The summed E-state index contributed by atoms with van der Waals surface area (Å²) in [6.45, 7) is 6.97. The van der Waals surface area contributed by atoms with Gasteiger partial charge < -0.3 is 29.4 Å². The van der Waals surface area contributed by atoms with Crippen LogP contribution in [0.25, 0.3) is 6.08 Å². The van der Waals surface area contributed by atoms with Crippen LogP contribution in [0.15, 0.2) is 102 Å². The maximum atomic E-state index is 14.0. The molecule has 0 radical (unpaired) electrons. The van der Waals surface area contributed by atoms with E-state index in [0.717, 1.165) is 36.0 Å². The minimum atomic E-state index is -1.28. The number of aliphatic hydroxyl groups excluding tert-OH is 1. The topological polar surface area (TPSA) is 107 Å². The van der Waals surface area contributed by atoms with Gasteiger partial charge in [0, 0.05) is 29.7 Å². The molecule has 2 heterocycles. The standard InChI is InChI=1S/C44H49NO7/c1-42(2)27-34-29(17-18-38-43(3,51-38)20-19-35(34)42)23-28-11-10-12-30(24-28)41(48)49-36-25-31(40(47)45-21-22-46)26-37-39(36)52-44(50-37,32-13-6-4-7-14-32)33-15-8-5-9-16-33/h4-16,23-24,26,34-39,46H,17-22,25,27H2,1-3H3,(H,45,47). The van der Waals surface area contributed by atoms with E-state index >= 15 is 0 Å². The van der Waals surface area contributed by atoms with E-state index < -0.39 is 30.1 Å². The Hall–Kier alpha value is -4.08. The van der Waals surface area contributed by atoms with Crippen molar-refractivity contribution < 1.29 is 33.6 Å². The molecule has 2 N–H and O–H groups in total. The zero-order valence-electron chi connectivity index (χ0n) is 30.3. The molecule has 2 aliphatic heterocycles. The predicted molar refractivity (Wildman–Crippen MR) is 197 cm³/mol. The fourth-order valence-electron chi connectivity index (χ4n) is 9.26. The molecule has 0 spiro atoms. The molecule has 3 aliphatic carbocycles. The van der Waals surface area contributed by atoms with Gasteiger partial charge in [-0.3, -0.25) is 4.79 Å². The zero-order valence-corrected chi connectivity index (χ0v) is 30.3. The third-order valence-corrected chi connectivity index (χ3v) is 12.2. The number of nitrogens with one attached hydrogen (secondary N) is 1. The summed E-state index contributed by atoms with van der Waals surface area (Å²) in [7, 11) is 0. The van der Waals surface area contributed by atoms with Crippen LogP contribution >= 0.6 is 0 Å². The second kappa shape index (κ2) is 13.7. The molecule has 5 aliphatic rings. The average Bonchev–Trinajstić information content (AvgIpc) is 3.60. The first-order valence-electron chi connectivity index (χ1n) is 18.8. The van der Waals surface area contributed by atoms with Crippen LogP contribution in [0, 0.1) is 17.3 Å². The largest absolute Gasteiger partial charge is 0.456 e. The van der Waals surface area contributed by atoms with E-state index in [1.54, 1.807) is 12.1 Å². The van der Waals surface area contributed by atoms with Gasteiger partial charge in [-0.05, 0) is 80.1 Å². The van der Waals surface area contributed by atoms with Crippen LogP contribution in [0.4, 0.5) is 0 Å². The maximum absolute atomic E-state index is 14.0. The van der Waals surface area contributed by atoms with E-state index in [1.165, 1.54) is 18.4 Å². The molecule has 3 aromatic rings. The molecule has 52 heavy (non-hydrogen) atoms. The Balaban J connectivity index is 1.07. The number of allylic oxidation sites excluding steroid dienone is 1. The lowest BCUT2D eigenvalue weighted by atomic mass is 9.52. The number of ether oxygens (including phenoxy) is 4. The lowest BCUT2D eigenvalue weighted by Gasteiger charge is -2.53. The van der Waals surface area contributed by atoms with Crippen LogP contribution in [0.1, 0.15) is 86.3 Å². The van der Waals surface area contributed by atoms with Crippen LogP contribution in [0.2, 0.25) is 0 Å². The Morgan fingerprint density at radius 1 is 0.923 bits per heavy atom. The van der Waals surface area contributed by atoms with Gasteiger partial charge in [0.1, 0.15) is 18.3 Å². The Bertz CT molecular complexity index is 1830. The molecule has 0 bridgehead atoms.